The zero-order chi connectivity index (χ0) is 25.6. The van der Waals surface area contributed by atoms with Crippen LogP contribution in [0, 0.1) is 5.41 Å². The van der Waals surface area contributed by atoms with Gasteiger partial charge in [-0.3, -0.25) is 4.79 Å². The largest absolute Gasteiger partial charge is 0.493 e. The van der Waals surface area contributed by atoms with E-state index in [-0.39, 0.29) is 17.1 Å². The molecule has 2 heterocycles. The fraction of sp³-hybridized carbons (Fsp3) is 0.433. The van der Waals surface area contributed by atoms with Gasteiger partial charge in [0.1, 0.15) is 0 Å². The maximum Gasteiger partial charge on any atom is 0.162 e. The first kappa shape index (κ1) is 24.3. The fourth-order valence-corrected chi connectivity index (χ4v) is 5.88. The predicted molar refractivity (Wildman–Crippen MR) is 140 cm³/mol. The average molecular weight is 490 g/mol. The number of carbonyl (C=O) groups is 1. The van der Waals surface area contributed by atoms with Gasteiger partial charge in [0.2, 0.25) is 0 Å². The van der Waals surface area contributed by atoms with E-state index in [0.29, 0.717) is 30.3 Å². The Morgan fingerprint density at radius 2 is 1.64 bits per heavy atom. The summed E-state index contributed by atoms with van der Waals surface area (Å²) in [5.74, 6) is 2.89. The molecule has 3 aliphatic rings. The molecule has 0 unspecified atom stereocenters. The number of methoxy groups -OCH3 is 3. The molecule has 2 aromatic rings. The maximum atomic E-state index is 13.6. The van der Waals surface area contributed by atoms with Crippen LogP contribution in [0.3, 0.4) is 0 Å². The highest BCUT2D eigenvalue weighted by atomic mass is 16.5. The van der Waals surface area contributed by atoms with E-state index in [2.05, 4.69) is 43.0 Å². The number of fused-ring (bicyclic) bond motifs is 4. The van der Waals surface area contributed by atoms with Crippen LogP contribution in [-0.4, -0.2) is 45.2 Å². The summed E-state index contributed by atoms with van der Waals surface area (Å²) < 4.78 is 22.6. The van der Waals surface area contributed by atoms with Crippen LogP contribution in [0.1, 0.15) is 56.2 Å². The van der Waals surface area contributed by atoms with Crippen LogP contribution < -0.4 is 18.9 Å². The molecule has 1 aliphatic carbocycles. The zero-order valence-electron chi connectivity index (χ0n) is 22.1. The third-order valence-corrected chi connectivity index (χ3v) is 7.49. The van der Waals surface area contributed by atoms with Crippen molar-refractivity contribution in [3.05, 3.63) is 64.4 Å². The Balaban J connectivity index is 1.70. The second-order valence-corrected chi connectivity index (χ2v) is 10.4. The van der Waals surface area contributed by atoms with Gasteiger partial charge in [-0.15, -0.1) is 0 Å². The van der Waals surface area contributed by atoms with Crippen LogP contribution in [0.5, 0.6) is 23.0 Å². The molecule has 0 aromatic heterocycles. The van der Waals surface area contributed by atoms with Gasteiger partial charge in [0, 0.05) is 41.4 Å². The van der Waals surface area contributed by atoms with Crippen LogP contribution in [-0.2, 0) is 11.2 Å². The molecule has 0 radical (unpaired) electrons. The minimum absolute atomic E-state index is 0.0860. The second kappa shape index (κ2) is 9.23. The van der Waals surface area contributed by atoms with Gasteiger partial charge in [0.25, 0.3) is 0 Å². The van der Waals surface area contributed by atoms with Gasteiger partial charge >= 0.3 is 0 Å². The summed E-state index contributed by atoms with van der Waals surface area (Å²) in [4.78, 5) is 16.0. The van der Waals surface area contributed by atoms with Crippen molar-refractivity contribution in [2.45, 2.75) is 46.0 Å². The highest BCUT2D eigenvalue weighted by Crippen LogP contribution is 2.51. The van der Waals surface area contributed by atoms with Crippen LogP contribution in [0.25, 0.3) is 5.70 Å². The first-order chi connectivity index (χ1) is 17.3. The van der Waals surface area contributed by atoms with E-state index in [9.17, 15) is 4.79 Å². The normalized spacial score (nSPS) is 20.2. The number of hydrogen-bond acceptors (Lipinski definition) is 6. The fourth-order valence-electron chi connectivity index (χ4n) is 5.88. The Morgan fingerprint density at radius 3 is 2.33 bits per heavy atom. The predicted octanol–water partition coefficient (Wildman–Crippen LogP) is 5.75. The Morgan fingerprint density at radius 1 is 0.944 bits per heavy atom. The molecule has 1 atom stereocenters. The molecule has 0 saturated heterocycles. The quantitative estimate of drug-likeness (QED) is 0.515. The lowest BCUT2D eigenvalue weighted by Crippen LogP contribution is -2.40. The van der Waals surface area contributed by atoms with Crippen LogP contribution in [0.15, 0.2) is 47.7 Å². The number of benzene rings is 2. The van der Waals surface area contributed by atoms with Gasteiger partial charge in [-0.05, 0) is 66.6 Å². The molecular formula is C30H35NO5. The van der Waals surface area contributed by atoms with E-state index in [1.807, 2.05) is 19.1 Å². The van der Waals surface area contributed by atoms with Gasteiger partial charge in [-0.1, -0.05) is 19.9 Å². The number of hydrogen-bond donors (Lipinski definition) is 0. The lowest BCUT2D eigenvalue weighted by Gasteiger charge is -2.46. The number of allylic oxidation sites excluding steroid dienone is 3. The molecule has 5 rings (SSSR count). The minimum Gasteiger partial charge on any atom is -0.493 e. The van der Waals surface area contributed by atoms with Gasteiger partial charge in [-0.2, -0.15) is 0 Å². The summed E-state index contributed by atoms with van der Waals surface area (Å²) in [7, 11) is 4.98. The molecule has 0 N–H and O–H groups in total. The minimum atomic E-state index is -0.168. The smallest absolute Gasteiger partial charge is 0.162 e. The number of ketones is 1. The van der Waals surface area contributed by atoms with Crippen molar-refractivity contribution in [1.82, 2.24) is 4.90 Å². The number of nitrogens with zero attached hydrogens (tertiary/aromatic N) is 1. The molecule has 6 nitrogen and oxygen atoms in total. The Bertz CT molecular complexity index is 1270. The molecule has 0 amide bonds. The molecule has 0 spiro atoms. The molecule has 190 valence electrons. The monoisotopic (exact) mass is 489 g/mol. The SMILES string of the molecule is CCOc1ccc([C@H]2C=C3c4cc(OC)c(OC)cc4CCN3C3=C2C(=O)CC(C)(C)C3)cc1OC. The van der Waals surface area contributed by atoms with Crippen molar-refractivity contribution in [3.8, 4) is 23.0 Å². The Kier molecular flexibility index (Phi) is 6.23. The number of Topliss-reactive ketones (excluding diaryl/α,β-unsaturated/α-hetero) is 1. The summed E-state index contributed by atoms with van der Waals surface area (Å²) in [5, 5.41) is 0. The van der Waals surface area contributed by atoms with Crippen molar-refractivity contribution in [2.75, 3.05) is 34.5 Å². The first-order valence-corrected chi connectivity index (χ1v) is 12.6. The molecule has 2 aromatic carbocycles. The molecule has 6 heteroatoms. The second-order valence-electron chi connectivity index (χ2n) is 10.4. The van der Waals surface area contributed by atoms with E-state index in [4.69, 9.17) is 18.9 Å². The van der Waals surface area contributed by atoms with E-state index >= 15 is 0 Å². The summed E-state index contributed by atoms with van der Waals surface area (Å²) >= 11 is 0. The average Bonchev–Trinajstić information content (AvgIpc) is 2.86. The number of carbonyl (C=O) groups excluding carboxylic acids is 1. The maximum absolute atomic E-state index is 13.6. The van der Waals surface area contributed by atoms with E-state index in [1.165, 1.54) is 5.56 Å². The topological polar surface area (TPSA) is 57.2 Å². The van der Waals surface area contributed by atoms with Gasteiger partial charge in [-0.25, -0.2) is 0 Å². The Labute approximate surface area is 213 Å². The molecule has 0 fully saturated rings. The third-order valence-electron chi connectivity index (χ3n) is 7.49. The summed E-state index contributed by atoms with van der Waals surface area (Å²) in [6.45, 7) is 7.72. The first-order valence-electron chi connectivity index (χ1n) is 12.6. The lowest BCUT2D eigenvalue weighted by atomic mass is 9.69. The van der Waals surface area contributed by atoms with Crippen LogP contribution in [0.2, 0.25) is 0 Å². The van der Waals surface area contributed by atoms with Crippen molar-refractivity contribution < 1.29 is 23.7 Å². The van der Waals surface area contributed by atoms with E-state index in [1.54, 1.807) is 21.3 Å². The molecule has 0 saturated carbocycles. The van der Waals surface area contributed by atoms with E-state index < -0.39 is 0 Å². The van der Waals surface area contributed by atoms with Gasteiger partial charge < -0.3 is 23.8 Å². The highest BCUT2D eigenvalue weighted by molar-refractivity contribution is 6.01. The summed E-state index contributed by atoms with van der Waals surface area (Å²) in [5.41, 5.74) is 6.47. The molecule has 0 bridgehead atoms. The van der Waals surface area contributed by atoms with Gasteiger partial charge in [0.05, 0.1) is 27.9 Å². The zero-order valence-corrected chi connectivity index (χ0v) is 22.1. The standard InChI is InChI=1S/C30H35NO5/c1-7-36-25-9-8-18(12-26(25)33-4)21-14-22-20-15-28(35-6)27(34-5)13-19(20)10-11-31(22)23-16-30(2,3)17-24(32)29(21)23/h8-9,12-15,21H,7,10-11,16-17H2,1-6H3/t21-/m1/s1. The Hall–Kier alpha value is -3.41. The van der Waals surface area contributed by atoms with Crippen molar-refractivity contribution in [2.24, 2.45) is 5.41 Å². The van der Waals surface area contributed by atoms with Crippen molar-refractivity contribution in [1.29, 1.82) is 0 Å². The third kappa shape index (κ3) is 4.02. The molecular weight excluding hydrogens is 454 g/mol. The summed E-state index contributed by atoms with van der Waals surface area (Å²) in [6.07, 6.45) is 4.53. The van der Waals surface area contributed by atoms with Crippen LogP contribution in [0.4, 0.5) is 0 Å². The molecule has 36 heavy (non-hydrogen) atoms. The van der Waals surface area contributed by atoms with Crippen molar-refractivity contribution in [3.63, 3.8) is 0 Å². The van der Waals surface area contributed by atoms with E-state index in [0.717, 1.165) is 53.2 Å². The van der Waals surface area contributed by atoms with Crippen LogP contribution >= 0.6 is 0 Å². The molecule has 2 aliphatic heterocycles. The van der Waals surface area contributed by atoms with Gasteiger partial charge in [0.15, 0.2) is 28.8 Å². The summed E-state index contributed by atoms with van der Waals surface area (Å²) in [6, 6.07) is 10.2. The lowest BCUT2D eigenvalue weighted by molar-refractivity contribution is -0.118. The number of ether oxygens (including phenoxy) is 4. The highest BCUT2D eigenvalue weighted by Gasteiger charge is 2.43. The number of rotatable bonds is 6. The van der Waals surface area contributed by atoms with Crippen molar-refractivity contribution >= 4 is 11.5 Å².